The van der Waals surface area contributed by atoms with Crippen LogP contribution in [0.4, 0.5) is 13.2 Å². The predicted octanol–water partition coefficient (Wildman–Crippen LogP) is 5.76. The number of carbonyl (C=O) groups excluding carboxylic acids is 1. The van der Waals surface area contributed by atoms with Crippen molar-refractivity contribution in [1.82, 2.24) is 9.27 Å². The van der Waals surface area contributed by atoms with E-state index in [-0.39, 0.29) is 6.61 Å². The van der Waals surface area contributed by atoms with Crippen molar-refractivity contribution in [2.45, 2.75) is 39.4 Å². The van der Waals surface area contributed by atoms with Gasteiger partial charge >= 0.3 is 12.1 Å². The molecule has 0 amide bonds. The smallest absolute Gasteiger partial charge is 0.416 e. The molecule has 0 saturated heterocycles. The number of carbonyl (C=O) groups is 1. The van der Waals surface area contributed by atoms with Crippen LogP contribution in [-0.2, 0) is 28.9 Å². The van der Waals surface area contributed by atoms with Gasteiger partial charge in [-0.3, -0.25) is 4.90 Å². The van der Waals surface area contributed by atoms with E-state index in [1.807, 2.05) is 24.3 Å². The van der Waals surface area contributed by atoms with Gasteiger partial charge in [-0.1, -0.05) is 24.8 Å². The molecule has 0 radical (unpaired) electrons. The number of halogens is 3. The molecule has 35 heavy (non-hydrogen) atoms. The first kappa shape index (κ1) is 26.7. The maximum atomic E-state index is 12.9. The van der Waals surface area contributed by atoms with Crippen LogP contribution in [0.3, 0.4) is 0 Å². The normalized spacial score (nSPS) is 15.1. The molecule has 1 aromatic heterocycles. The lowest BCUT2D eigenvalue weighted by atomic mass is 10.0. The minimum atomic E-state index is -4.39. The third kappa shape index (κ3) is 7.80. The number of rotatable bonds is 9. The van der Waals surface area contributed by atoms with Gasteiger partial charge in [0, 0.05) is 24.5 Å². The second-order valence-corrected chi connectivity index (χ2v) is 8.97. The first-order chi connectivity index (χ1) is 16.7. The van der Waals surface area contributed by atoms with Gasteiger partial charge in [-0.15, -0.1) is 0 Å². The number of aromatic nitrogens is 1. The van der Waals surface area contributed by atoms with E-state index in [1.54, 1.807) is 6.92 Å². The van der Waals surface area contributed by atoms with E-state index in [0.29, 0.717) is 30.2 Å². The summed E-state index contributed by atoms with van der Waals surface area (Å²) in [7, 11) is 0. The molecule has 0 saturated carbocycles. The van der Waals surface area contributed by atoms with Crippen LogP contribution < -0.4 is 4.74 Å². The van der Waals surface area contributed by atoms with E-state index in [9.17, 15) is 18.0 Å². The quantitative estimate of drug-likeness (QED) is 0.320. The highest BCUT2D eigenvalue weighted by Gasteiger charge is 2.30. The summed E-state index contributed by atoms with van der Waals surface area (Å²) in [5.74, 6) is 0.258. The van der Waals surface area contributed by atoms with Gasteiger partial charge in [-0.25, -0.2) is 4.79 Å². The number of nitrogens with zero attached hydrogens (tertiary/aromatic N) is 2. The van der Waals surface area contributed by atoms with Gasteiger partial charge in [0.2, 0.25) is 0 Å². The van der Waals surface area contributed by atoms with Gasteiger partial charge in [0.05, 0.1) is 17.9 Å². The minimum absolute atomic E-state index is 0.112. The minimum Gasteiger partial charge on any atom is -0.482 e. The molecule has 0 spiro atoms. The summed E-state index contributed by atoms with van der Waals surface area (Å²) in [6.07, 6.45) is 0.749. The second-order valence-electron chi connectivity index (χ2n) is 8.08. The van der Waals surface area contributed by atoms with Crippen LogP contribution in [0.15, 0.2) is 54.6 Å². The van der Waals surface area contributed by atoms with Crippen molar-refractivity contribution in [1.29, 1.82) is 0 Å². The van der Waals surface area contributed by atoms with Gasteiger partial charge < -0.3 is 9.47 Å². The maximum Gasteiger partial charge on any atom is 0.416 e. The number of allylic oxidation sites excluding steroid dienone is 5. The Morgan fingerprint density at radius 2 is 1.94 bits per heavy atom. The number of ether oxygens (including phenoxy) is 2. The van der Waals surface area contributed by atoms with Crippen molar-refractivity contribution in [2.75, 3.05) is 26.3 Å². The van der Waals surface area contributed by atoms with Gasteiger partial charge in [0.25, 0.3) is 0 Å². The van der Waals surface area contributed by atoms with Gasteiger partial charge in [-0.05, 0) is 79.2 Å². The molecule has 0 atom stereocenters. The Balaban J connectivity index is 1.56. The van der Waals surface area contributed by atoms with Crippen molar-refractivity contribution < 1.29 is 27.4 Å². The van der Waals surface area contributed by atoms with E-state index in [0.717, 1.165) is 43.0 Å². The Morgan fingerprint density at radius 1 is 1.20 bits per heavy atom. The van der Waals surface area contributed by atoms with Crippen molar-refractivity contribution in [3.05, 3.63) is 76.3 Å². The summed E-state index contributed by atoms with van der Waals surface area (Å²) >= 11 is 1.34. The lowest BCUT2D eigenvalue weighted by Crippen LogP contribution is -2.25. The fourth-order valence-corrected chi connectivity index (χ4v) is 4.52. The van der Waals surface area contributed by atoms with Gasteiger partial charge in [0.15, 0.2) is 6.61 Å². The topological polar surface area (TPSA) is 51.7 Å². The standard InChI is InChI=1S/C26H29F3N2O3S/c1-4-21(26(27,28)29)8-6-18(3)24-15-23(35-30-24)16-31-12-10-19-7-9-22(14-20(19)11-13-31)34-17-25(32)33-5-2/h4,6-9,14-15H,3,5,10-13,16-17H2,1-2H3/b8-6-,21-4+. The summed E-state index contributed by atoms with van der Waals surface area (Å²) in [6, 6.07) is 7.79. The average molecular weight is 507 g/mol. The lowest BCUT2D eigenvalue weighted by molar-refractivity contribution is -0.145. The van der Waals surface area contributed by atoms with Gasteiger partial charge in [0.1, 0.15) is 5.75 Å². The van der Waals surface area contributed by atoms with Crippen LogP contribution in [0.5, 0.6) is 5.75 Å². The Labute approximate surface area is 207 Å². The van der Waals surface area contributed by atoms with Crippen LogP contribution in [0.1, 0.15) is 35.5 Å². The summed E-state index contributed by atoms with van der Waals surface area (Å²) in [5, 5.41) is 0. The van der Waals surface area contributed by atoms with Crippen molar-refractivity contribution in [3.8, 4) is 5.75 Å². The monoisotopic (exact) mass is 506 g/mol. The number of esters is 1. The molecule has 0 unspecified atom stereocenters. The summed E-state index contributed by atoms with van der Waals surface area (Å²) < 4.78 is 53.5. The average Bonchev–Trinajstić information content (AvgIpc) is 3.19. The highest BCUT2D eigenvalue weighted by Crippen LogP contribution is 2.28. The molecule has 1 aliphatic rings. The van der Waals surface area contributed by atoms with E-state index >= 15 is 0 Å². The zero-order chi connectivity index (χ0) is 25.4. The number of alkyl halides is 3. The molecule has 0 N–H and O–H groups in total. The lowest BCUT2D eigenvalue weighted by Gasteiger charge is -2.18. The Morgan fingerprint density at radius 3 is 2.63 bits per heavy atom. The first-order valence-electron chi connectivity index (χ1n) is 11.4. The number of fused-ring (bicyclic) bond motifs is 1. The molecule has 5 nitrogen and oxygen atoms in total. The van der Waals surface area contributed by atoms with Crippen molar-refractivity contribution in [2.24, 2.45) is 0 Å². The molecule has 2 aromatic rings. The van der Waals surface area contributed by atoms with E-state index in [2.05, 4.69) is 15.9 Å². The van der Waals surface area contributed by atoms with Crippen molar-refractivity contribution in [3.63, 3.8) is 0 Å². The molecule has 1 aromatic carbocycles. The largest absolute Gasteiger partial charge is 0.482 e. The SMILES string of the molecule is C=C(/C=C\C(=C/C)C(F)(F)F)c1cc(CN2CCc3ccc(OCC(=O)OCC)cc3CC2)sn1. The third-order valence-electron chi connectivity index (χ3n) is 5.60. The molecular weight excluding hydrogens is 477 g/mol. The highest BCUT2D eigenvalue weighted by molar-refractivity contribution is 7.05. The number of benzene rings is 1. The fourth-order valence-electron chi connectivity index (χ4n) is 3.73. The Kier molecular flexibility index (Phi) is 9.28. The Bertz CT molecular complexity index is 1110. The van der Waals surface area contributed by atoms with Crippen LogP contribution in [0.25, 0.3) is 5.57 Å². The van der Waals surface area contributed by atoms with E-state index < -0.39 is 17.7 Å². The number of hydrogen-bond acceptors (Lipinski definition) is 6. The molecule has 0 fully saturated rings. The molecular formula is C26H29F3N2O3S. The maximum absolute atomic E-state index is 12.9. The highest BCUT2D eigenvalue weighted by atomic mass is 32.1. The van der Waals surface area contributed by atoms with Crippen LogP contribution in [-0.4, -0.2) is 47.7 Å². The molecule has 1 aliphatic heterocycles. The summed E-state index contributed by atoms with van der Waals surface area (Å²) in [4.78, 5) is 14.9. The van der Waals surface area contributed by atoms with Crippen LogP contribution >= 0.6 is 11.5 Å². The van der Waals surface area contributed by atoms with E-state index in [4.69, 9.17) is 9.47 Å². The molecule has 0 bridgehead atoms. The first-order valence-corrected chi connectivity index (χ1v) is 12.2. The zero-order valence-electron chi connectivity index (χ0n) is 19.9. The Hall–Kier alpha value is -2.91. The summed E-state index contributed by atoms with van der Waals surface area (Å²) in [6.45, 7) is 9.62. The van der Waals surface area contributed by atoms with E-state index in [1.165, 1.54) is 35.7 Å². The predicted molar refractivity (Wildman–Crippen MR) is 131 cm³/mol. The molecule has 0 aliphatic carbocycles. The molecule has 9 heteroatoms. The molecule has 188 valence electrons. The zero-order valence-corrected chi connectivity index (χ0v) is 20.7. The summed E-state index contributed by atoms with van der Waals surface area (Å²) in [5.41, 5.74) is 2.76. The molecule has 2 heterocycles. The van der Waals surface area contributed by atoms with Crippen LogP contribution in [0, 0.1) is 0 Å². The number of hydrogen-bond donors (Lipinski definition) is 0. The third-order valence-corrected chi connectivity index (χ3v) is 6.37. The van der Waals surface area contributed by atoms with Crippen molar-refractivity contribution >= 4 is 23.1 Å². The van der Waals surface area contributed by atoms with Crippen LogP contribution in [0.2, 0.25) is 0 Å². The molecule has 3 rings (SSSR count). The second kappa shape index (κ2) is 12.2. The van der Waals surface area contributed by atoms with Gasteiger partial charge in [-0.2, -0.15) is 17.5 Å². The fraction of sp³-hybridized carbons (Fsp3) is 0.385.